The lowest BCUT2D eigenvalue weighted by Crippen LogP contribution is -2.30. The molecular formula is C23H20BrN3OS. The Morgan fingerprint density at radius 2 is 1.86 bits per heavy atom. The third kappa shape index (κ3) is 4.83. The van der Waals surface area contributed by atoms with Crippen LogP contribution in [0.1, 0.15) is 11.1 Å². The highest BCUT2D eigenvalue weighted by Gasteiger charge is 2.08. The molecule has 0 unspecified atom stereocenters. The molecule has 0 radical (unpaired) electrons. The average Bonchev–Trinajstić information content (AvgIpc) is 3.13. The molecule has 4 rings (SSSR count). The van der Waals surface area contributed by atoms with Crippen molar-refractivity contribution in [2.24, 2.45) is 0 Å². The first kappa shape index (κ1) is 19.6. The zero-order chi connectivity index (χ0) is 20.2. The summed E-state index contributed by atoms with van der Waals surface area (Å²) < 4.78 is 2.24. The van der Waals surface area contributed by atoms with Gasteiger partial charge in [0.2, 0.25) is 0 Å². The number of urea groups is 1. The number of aromatic nitrogens is 1. The van der Waals surface area contributed by atoms with E-state index >= 15 is 0 Å². The summed E-state index contributed by atoms with van der Waals surface area (Å²) in [7, 11) is 0. The van der Waals surface area contributed by atoms with Gasteiger partial charge in [0.15, 0.2) is 0 Å². The Balaban J connectivity index is 1.35. The van der Waals surface area contributed by atoms with Gasteiger partial charge in [-0.2, -0.15) is 0 Å². The summed E-state index contributed by atoms with van der Waals surface area (Å²) in [6, 6.07) is 21.9. The van der Waals surface area contributed by atoms with Crippen molar-refractivity contribution >= 4 is 49.2 Å². The van der Waals surface area contributed by atoms with Crippen molar-refractivity contribution in [3.05, 3.63) is 82.3 Å². The summed E-state index contributed by atoms with van der Waals surface area (Å²) in [5, 5.41) is 6.75. The number of carbonyl (C=O) groups is 1. The van der Waals surface area contributed by atoms with Crippen LogP contribution >= 0.6 is 27.3 Å². The number of nitrogens with zero attached hydrogens (tertiary/aromatic N) is 1. The second-order valence-corrected chi connectivity index (χ2v) is 8.67. The number of carbonyl (C=O) groups excluding carboxylic acids is 1. The van der Waals surface area contributed by atoms with Crippen LogP contribution in [0.15, 0.2) is 71.2 Å². The number of thiazole rings is 1. The second kappa shape index (κ2) is 8.76. The Morgan fingerprint density at radius 3 is 2.66 bits per heavy atom. The van der Waals surface area contributed by atoms with Gasteiger partial charge in [-0.15, -0.1) is 11.3 Å². The van der Waals surface area contributed by atoms with Crippen molar-refractivity contribution < 1.29 is 4.79 Å². The predicted molar refractivity (Wildman–Crippen MR) is 125 cm³/mol. The molecule has 2 N–H and O–H groups in total. The number of fused-ring (bicyclic) bond motifs is 1. The molecule has 0 saturated heterocycles. The fourth-order valence-corrected chi connectivity index (χ4v) is 4.59. The number of rotatable bonds is 5. The topological polar surface area (TPSA) is 54.0 Å². The van der Waals surface area contributed by atoms with Crippen LogP contribution in [0.4, 0.5) is 10.5 Å². The minimum absolute atomic E-state index is 0.208. The maximum Gasteiger partial charge on any atom is 0.319 e. The molecule has 4 nitrogen and oxygen atoms in total. The number of hydrogen-bond acceptors (Lipinski definition) is 3. The van der Waals surface area contributed by atoms with Gasteiger partial charge in [-0.05, 0) is 66.9 Å². The molecule has 0 atom stereocenters. The zero-order valence-corrected chi connectivity index (χ0v) is 18.3. The number of hydrogen-bond donors (Lipinski definition) is 2. The van der Waals surface area contributed by atoms with E-state index < -0.39 is 0 Å². The van der Waals surface area contributed by atoms with Crippen LogP contribution in [-0.2, 0) is 6.42 Å². The monoisotopic (exact) mass is 465 g/mol. The summed E-state index contributed by atoms with van der Waals surface area (Å²) in [6.07, 6.45) is 0.769. The van der Waals surface area contributed by atoms with Gasteiger partial charge in [0.1, 0.15) is 5.01 Å². The molecule has 6 heteroatoms. The largest absolute Gasteiger partial charge is 0.338 e. The fourth-order valence-electron chi connectivity index (χ4n) is 3.04. The normalized spacial score (nSPS) is 10.8. The van der Waals surface area contributed by atoms with Crippen LogP contribution < -0.4 is 10.6 Å². The number of aryl methyl sites for hydroxylation is 1. The van der Waals surface area contributed by atoms with E-state index in [-0.39, 0.29) is 6.03 Å². The van der Waals surface area contributed by atoms with Gasteiger partial charge < -0.3 is 10.6 Å². The molecule has 146 valence electrons. The molecule has 0 fully saturated rings. The molecule has 2 amide bonds. The first-order valence-electron chi connectivity index (χ1n) is 9.34. The molecule has 0 saturated carbocycles. The highest BCUT2D eigenvalue weighted by atomic mass is 79.9. The Hall–Kier alpha value is -2.70. The summed E-state index contributed by atoms with van der Waals surface area (Å²) >= 11 is 5.21. The van der Waals surface area contributed by atoms with Gasteiger partial charge >= 0.3 is 6.03 Å². The van der Waals surface area contributed by atoms with Gasteiger partial charge in [0.05, 0.1) is 10.2 Å². The van der Waals surface area contributed by atoms with Crippen LogP contribution in [-0.4, -0.2) is 17.6 Å². The number of anilines is 1. The van der Waals surface area contributed by atoms with Gasteiger partial charge in [0, 0.05) is 22.3 Å². The van der Waals surface area contributed by atoms with E-state index in [4.69, 9.17) is 4.98 Å². The predicted octanol–water partition coefficient (Wildman–Crippen LogP) is 6.40. The average molecular weight is 466 g/mol. The molecule has 0 aliphatic heterocycles. The van der Waals surface area contributed by atoms with E-state index in [0.29, 0.717) is 6.54 Å². The van der Waals surface area contributed by atoms with Gasteiger partial charge in [0.25, 0.3) is 0 Å². The first-order valence-corrected chi connectivity index (χ1v) is 11.0. The summed E-state index contributed by atoms with van der Waals surface area (Å²) in [6.45, 7) is 2.65. The molecule has 0 bridgehead atoms. The van der Waals surface area contributed by atoms with Crippen molar-refractivity contribution in [1.82, 2.24) is 10.3 Å². The second-order valence-electron chi connectivity index (χ2n) is 6.79. The highest BCUT2D eigenvalue weighted by Crippen LogP contribution is 2.31. The lowest BCUT2D eigenvalue weighted by molar-refractivity contribution is 0.252. The van der Waals surface area contributed by atoms with Gasteiger partial charge in [-0.3, -0.25) is 0 Å². The maximum absolute atomic E-state index is 12.1. The standard InChI is InChI=1S/C23H20BrN3OS/c1-15-6-11-20-21(14-15)29-22(27-20)17-7-9-18(10-8-17)26-23(28)25-13-12-16-4-2-3-5-19(16)24/h2-11,14H,12-13H2,1H3,(H2,25,26,28). The SMILES string of the molecule is Cc1ccc2nc(-c3ccc(NC(=O)NCCc4ccccc4Br)cc3)sc2c1. The number of nitrogens with one attached hydrogen (secondary N) is 2. The Labute approximate surface area is 182 Å². The Kier molecular flexibility index (Phi) is 5.92. The molecule has 0 aliphatic rings. The summed E-state index contributed by atoms with van der Waals surface area (Å²) in [4.78, 5) is 16.9. The molecule has 1 heterocycles. The minimum Gasteiger partial charge on any atom is -0.338 e. The lowest BCUT2D eigenvalue weighted by Gasteiger charge is -2.09. The zero-order valence-electron chi connectivity index (χ0n) is 15.9. The number of amides is 2. The van der Waals surface area contributed by atoms with Crippen molar-refractivity contribution in [3.8, 4) is 10.6 Å². The van der Waals surface area contributed by atoms with E-state index in [1.54, 1.807) is 11.3 Å². The van der Waals surface area contributed by atoms with Crippen molar-refractivity contribution in [2.45, 2.75) is 13.3 Å². The third-order valence-electron chi connectivity index (χ3n) is 4.57. The minimum atomic E-state index is -0.208. The maximum atomic E-state index is 12.1. The smallest absolute Gasteiger partial charge is 0.319 e. The first-order chi connectivity index (χ1) is 14.1. The molecule has 0 spiro atoms. The van der Waals surface area contributed by atoms with Crippen LogP contribution in [0.2, 0.25) is 0 Å². The Morgan fingerprint density at radius 1 is 1.07 bits per heavy atom. The van der Waals surface area contributed by atoms with Crippen molar-refractivity contribution in [1.29, 1.82) is 0 Å². The lowest BCUT2D eigenvalue weighted by atomic mass is 10.1. The summed E-state index contributed by atoms with van der Waals surface area (Å²) in [5.41, 5.74) is 5.22. The highest BCUT2D eigenvalue weighted by molar-refractivity contribution is 9.10. The molecule has 29 heavy (non-hydrogen) atoms. The quantitative estimate of drug-likeness (QED) is 0.358. The number of benzene rings is 3. The molecule has 4 aromatic rings. The van der Waals surface area contributed by atoms with E-state index in [9.17, 15) is 4.79 Å². The van der Waals surface area contributed by atoms with E-state index in [0.717, 1.165) is 32.7 Å². The summed E-state index contributed by atoms with van der Waals surface area (Å²) in [5.74, 6) is 0. The van der Waals surface area contributed by atoms with E-state index in [2.05, 4.69) is 51.7 Å². The Bertz CT molecular complexity index is 1150. The van der Waals surface area contributed by atoms with Gasteiger partial charge in [-0.25, -0.2) is 9.78 Å². The van der Waals surface area contributed by atoms with E-state index in [1.807, 2.05) is 48.5 Å². The van der Waals surface area contributed by atoms with Crippen LogP contribution in [0, 0.1) is 6.92 Å². The molecular weight excluding hydrogens is 446 g/mol. The van der Waals surface area contributed by atoms with Crippen LogP contribution in [0.25, 0.3) is 20.8 Å². The molecule has 3 aromatic carbocycles. The van der Waals surface area contributed by atoms with Crippen LogP contribution in [0.3, 0.4) is 0 Å². The van der Waals surface area contributed by atoms with Crippen LogP contribution in [0.5, 0.6) is 0 Å². The fraction of sp³-hybridized carbons (Fsp3) is 0.130. The third-order valence-corrected chi connectivity index (χ3v) is 6.41. The van der Waals surface area contributed by atoms with Crippen molar-refractivity contribution in [3.63, 3.8) is 0 Å². The molecule has 1 aromatic heterocycles. The van der Waals surface area contributed by atoms with Crippen molar-refractivity contribution in [2.75, 3.05) is 11.9 Å². The van der Waals surface area contributed by atoms with E-state index in [1.165, 1.54) is 15.8 Å². The number of halogens is 1. The van der Waals surface area contributed by atoms with Gasteiger partial charge in [-0.1, -0.05) is 40.2 Å². The molecule has 0 aliphatic carbocycles.